The molecule has 0 amide bonds. The molecule has 0 fully saturated rings. The zero-order chi connectivity index (χ0) is 21.8. The maximum Gasteiger partial charge on any atom is 0.226 e. The molecule has 0 saturated carbocycles. The van der Waals surface area contributed by atoms with Gasteiger partial charge in [0.2, 0.25) is 5.89 Å². The molecule has 1 aromatic heterocycles. The lowest BCUT2D eigenvalue weighted by Crippen LogP contribution is -2.30. The Bertz CT molecular complexity index is 1170. The van der Waals surface area contributed by atoms with Crippen molar-refractivity contribution in [3.8, 4) is 17.2 Å². The van der Waals surface area contributed by atoms with Crippen LogP contribution in [0.4, 0.5) is 0 Å². The SMILES string of the molecule is Cc1oc(-c2ccccc2)nc1CCOc1ccc2c(c1)CCN(Cc1ccccc1)C2. The van der Waals surface area contributed by atoms with Gasteiger partial charge in [-0.2, -0.15) is 0 Å². The molecule has 32 heavy (non-hydrogen) atoms. The minimum absolute atomic E-state index is 0.584. The Morgan fingerprint density at radius 1 is 0.938 bits per heavy atom. The quantitative estimate of drug-likeness (QED) is 0.374. The first-order valence-electron chi connectivity index (χ1n) is 11.3. The van der Waals surface area contributed by atoms with E-state index in [1.165, 1.54) is 16.7 Å². The molecular weight excluding hydrogens is 396 g/mol. The molecule has 162 valence electrons. The summed E-state index contributed by atoms with van der Waals surface area (Å²) in [5.41, 5.74) is 6.13. The Morgan fingerprint density at radius 2 is 1.72 bits per heavy atom. The summed E-state index contributed by atoms with van der Waals surface area (Å²) in [6, 6.07) is 27.2. The maximum atomic E-state index is 6.07. The van der Waals surface area contributed by atoms with Crippen molar-refractivity contribution in [1.29, 1.82) is 0 Å². The monoisotopic (exact) mass is 424 g/mol. The highest BCUT2D eigenvalue weighted by atomic mass is 16.5. The van der Waals surface area contributed by atoms with Crippen LogP contribution in [-0.4, -0.2) is 23.0 Å². The molecular formula is C28H28N2O2. The number of hydrogen-bond acceptors (Lipinski definition) is 4. The molecule has 0 spiro atoms. The number of ether oxygens (including phenoxy) is 1. The molecule has 0 saturated heterocycles. The number of oxazole rings is 1. The molecule has 0 N–H and O–H groups in total. The zero-order valence-electron chi connectivity index (χ0n) is 18.5. The Balaban J connectivity index is 1.17. The first-order chi connectivity index (χ1) is 15.7. The lowest BCUT2D eigenvalue weighted by Gasteiger charge is -2.29. The largest absolute Gasteiger partial charge is 0.493 e. The second-order valence-electron chi connectivity index (χ2n) is 8.36. The fourth-order valence-electron chi connectivity index (χ4n) is 4.28. The third-order valence-corrected chi connectivity index (χ3v) is 6.04. The Kier molecular flexibility index (Phi) is 6.04. The van der Waals surface area contributed by atoms with E-state index >= 15 is 0 Å². The van der Waals surface area contributed by atoms with Crippen LogP contribution in [0.15, 0.2) is 83.3 Å². The molecule has 1 aliphatic rings. The van der Waals surface area contributed by atoms with Gasteiger partial charge in [-0.25, -0.2) is 4.98 Å². The molecule has 2 heterocycles. The molecule has 5 rings (SSSR count). The summed E-state index contributed by atoms with van der Waals surface area (Å²) < 4.78 is 11.9. The van der Waals surface area contributed by atoms with Gasteiger partial charge in [0.25, 0.3) is 0 Å². The number of hydrogen-bond donors (Lipinski definition) is 0. The van der Waals surface area contributed by atoms with E-state index in [9.17, 15) is 0 Å². The van der Waals surface area contributed by atoms with Crippen molar-refractivity contribution in [2.75, 3.05) is 13.2 Å². The summed E-state index contributed by atoms with van der Waals surface area (Å²) in [6.45, 7) is 5.62. The van der Waals surface area contributed by atoms with Gasteiger partial charge in [0.05, 0.1) is 12.3 Å². The number of aryl methyl sites for hydroxylation is 1. The highest BCUT2D eigenvalue weighted by Crippen LogP contribution is 2.26. The summed E-state index contributed by atoms with van der Waals surface area (Å²) in [6.07, 6.45) is 1.78. The van der Waals surface area contributed by atoms with Gasteiger partial charge in [0.15, 0.2) is 0 Å². The second-order valence-corrected chi connectivity index (χ2v) is 8.36. The molecule has 4 nitrogen and oxygen atoms in total. The van der Waals surface area contributed by atoms with Crippen LogP contribution >= 0.6 is 0 Å². The van der Waals surface area contributed by atoms with Crippen LogP contribution in [0.5, 0.6) is 5.75 Å². The van der Waals surface area contributed by atoms with E-state index in [4.69, 9.17) is 9.15 Å². The topological polar surface area (TPSA) is 38.5 Å². The minimum Gasteiger partial charge on any atom is -0.493 e. The number of benzene rings is 3. The van der Waals surface area contributed by atoms with Gasteiger partial charge in [-0.1, -0.05) is 54.6 Å². The minimum atomic E-state index is 0.584. The van der Waals surface area contributed by atoms with Crippen molar-refractivity contribution < 1.29 is 9.15 Å². The van der Waals surface area contributed by atoms with Crippen LogP contribution in [0.2, 0.25) is 0 Å². The average molecular weight is 425 g/mol. The van der Waals surface area contributed by atoms with Gasteiger partial charge >= 0.3 is 0 Å². The van der Waals surface area contributed by atoms with Crippen molar-refractivity contribution >= 4 is 0 Å². The summed E-state index contributed by atoms with van der Waals surface area (Å²) >= 11 is 0. The van der Waals surface area contributed by atoms with Crippen LogP contribution in [0.1, 0.15) is 28.1 Å². The van der Waals surface area contributed by atoms with Gasteiger partial charge in [0.1, 0.15) is 11.5 Å². The fraction of sp³-hybridized carbons (Fsp3) is 0.250. The Labute approximate surface area is 189 Å². The average Bonchev–Trinajstić information content (AvgIpc) is 3.21. The van der Waals surface area contributed by atoms with Crippen LogP contribution in [0, 0.1) is 6.92 Å². The van der Waals surface area contributed by atoms with Crippen molar-refractivity contribution in [2.24, 2.45) is 0 Å². The highest BCUT2D eigenvalue weighted by Gasteiger charge is 2.17. The molecule has 4 aromatic rings. The van der Waals surface area contributed by atoms with Crippen LogP contribution in [-0.2, 0) is 25.9 Å². The molecule has 0 aliphatic carbocycles. The van der Waals surface area contributed by atoms with E-state index in [1.807, 2.05) is 37.3 Å². The van der Waals surface area contributed by atoms with E-state index in [0.717, 1.165) is 55.2 Å². The molecule has 0 unspecified atom stereocenters. The standard InChI is InChI=1S/C28H28N2O2/c1-21-27(29-28(32-21)23-10-6-3-7-11-23)15-17-31-26-13-12-25-20-30(16-14-24(25)18-26)19-22-8-4-2-5-9-22/h2-13,18H,14-17,19-20H2,1H3. The third-order valence-electron chi connectivity index (χ3n) is 6.04. The second kappa shape index (κ2) is 9.41. The van der Waals surface area contributed by atoms with Crippen LogP contribution in [0.3, 0.4) is 0 Å². The van der Waals surface area contributed by atoms with Gasteiger partial charge < -0.3 is 9.15 Å². The maximum absolute atomic E-state index is 6.07. The van der Waals surface area contributed by atoms with E-state index in [0.29, 0.717) is 12.5 Å². The summed E-state index contributed by atoms with van der Waals surface area (Å²) in [7, 11) is 0. The van der Waals surface area contributed by atoms with E-state index < -0.39 is 0 Å². The van der Waals surface area contributed by atoms with Crippen molar-refractivity contribution in [1.82, 2.24) is 9.88 Å². The van der Waals surface area contributed by atoms with Gasteiger partial charge in [-0.15, -0.1) is 0 Å². The van der Waals surface area contributed by atoms with Gasteiger partial charge in [-0.05, 0) is 54.3 Å². The normalized spacial score (nSPS) is 13.7. The van der Waals surface area contributed by atoms with E-state index in [2.05, 4.69) is 58.4 Å². The van der Waals surface area contributed by atoms with Crippen molar-refractivity contribution in [2.45, 2.75) is 32.9 Å². The summed E-state index contributed by atoms with van der Waals surface area (Å²) in [4.78, 5) is 7.18. The molecule has 4 heteroatoms. The molecule has 0 radical (unpaired) electrons. The predicted molar refractivity (Wildman–Crippen MR) is 127 cm³/mol. The molecule has 0 atom stereocenters. The lowest BCUT2D eigenvalue weighted by atomic mass is 9.99. The van der Waals surface area contributed by atoms with Gasteiger partial charge in [0, 0.05) is 31.6 Å². The molecule has 1 aliphatic heterocycles. The fourth-order valence-corrected chi connectivity index (χ4v) is 4.28. The van der Waals surface area contributed by atoms with Crippen LogP contribution in [0.25, 0.3) is 11.5 Å². The lowest BCUT2D eigenvalue weighted by molar-refractivity contribution is 0.244. The first-order valence-corrected chi connectivity index (χ1v) is 11.3. The van der Waals surface area contributed by atoms with Crippen molar-refractivity contribution in [3.63, 3.8) is 0 Å². The van der Waals surface area contributed by atoms with Crippen molar-refractivity contribution in [3.05, 3.63) is 107 Å². The Morgan fingerprint density at radius 3 is 2.53 bits per heavy atom. The summed E-state index contributed by atoms with van der Waals surface area (Å²) in [5, 5.41) is 0. The van der Waals surface area contributed by atoms with E-state index in [1.54, 1.807) is 0 Å². The smallest absolute Gasteiger partial charge is 0.226 e. The zero-order valence-corrected chi connectivity index (χ0v) is 18.5. The highest BCUT2D eigenvalue weighted by molar-refractivity contribution is 5.53. The Hall–Kier alpha value is -3.37. The number of aromatic nitrogens is 1. The van der Waals surface area contributed by atoms with E-state index in [-0.39, 0.29) is 0 Å². The third kappa shape index (κ3) is 4.76. The van der Waals surface area contributed by atoms with Crippen LogP contribution < -0.4 is 4.74 Å². The molecule has 3 aromatic carbocycles. The predicted octanol–water partition coefficient (Wildman–Crippen LogP) is 5.83. The number of fused-ring (bicyclic) bond motifs is 1. The number of rotatable bonds is 7. The summed E-state index contributed by atoms with van der Waals surface area (Å²) in [5.74, 6) is 2.47. The molecule has 0 bridgehead atoms. The first kappa shape index (κ1) is 20.5. The van der Waals surface area contributed by atoms with Gasteiger partial charge in [-0.3, -0.25) is 4.90 Å². The number of nitrogens with zero attached hydrogens (tertiary/aromatic N) is 2.